The van der Waals surface area contributed by atoms with E-state index in [-0.39, 0.29) is 12.5 Å². The lowest BCUT2D eigenvalue weighted by Gasteiger charge is -2.08. The molecular weight excluding hydrogens is 386 g/mol. The summed E-state index contributed by atoms with van der Waals surface area (Å²) >= 11 is 1.68. The minimum absolute atomic E-state index is 0.0665. The van der Waals surface area contributed by atoms with Crippen LogP contribution in [-0.2, 0) is 23.6 Å². The van der Waals surface area contributed by atoms with Crippen LogP contribution in [-0.4, -0.2) is 22.6 Å². The number of carbonyl (C=O) groups excluding carboxylic acids is 1. The van der Waals surface area contributed by atoms with Gasteiger partial charge in [0.25, 0.3) is 0 Å². The van der Waals surface area contributed by atoms with Crippen LogP contribution >= 0.6 is 11.8 Å². The molecule has 0 aliphatic heterocycles. The van der Waals surface area contributed by atoms with Crippen molar-refractivity contribution < 1.29 is 13.9 Å². The number of nitrogens with zero attached hydrogens (tertiary/aromatic N) is 2. The average Bonchev–Trinajstić information content (AvgIpc) is 3.42. The molecule has 0 aliphatic rings. The quantitative estimate of drug-likeness (QED) is 0.442. The second kappa shape index (κ2) is 8.87. The number of thioether (sulfide) groups is 1. The van der Waals surface area contributed by atoms with Gasteiger partial charge in [0.15, 0.2) is 0 Å². The van der Waals surface area contributed by atoms with Gasteiger partial charge < -0.3 is 19.0 Å². The highest BCUT2D eigenvalue weighted by Crippen LogP contribution is 2.29. The van der Waals surface area contributed by atoms with Gasteiger partial charge in [0.2, 0.25) is 5.91 Å². The van der Waals surface area contributed by atoms with Gasteiger partial charge in [0, 0.05) is 23.5 Å². The molecule has 0 saturated carbocycles. The number of pyridine rings is 1. The maximum absolute atomic E-state index is 12.3. The van der Waals surface area contributed by atoms with Gasteiger partial charge in [-0.05, 0) is 42.0 Å². The van der Waals surface area contributed by atoms with Crippen molar-refractivity contribution in [2.75, 3.05) is 7.11 Å². The van der Waals surface area contributed by atoms with E-state index in [1.807, 2.05) is 41.1 Å². The predicted molar refractivity (Wildman–Crippen MR) is 113 cm³/mol. The maximum Gasteiger partial charge on any atom is 0.240 e. The van der Waals surface area contributed by atoms with E-state index in [9.17, 15) is 4.79 Å². The van der Waals surface area contributed by atoms with Crippen molar-refractivity contribution in [1.82, 2.24) is 14.9 Å². The van der Waals surface area contributed by atoms with E-state index < -0.39 is 0 Å². The van der Waals surface area contributed by atoms with E-state index in [4.69, 9.17) is 9.15 Å². The molecule has 0 bridgehead atoms. The number of fused-ring (bicyclic) bond motifs is 1. The highest BCUT2D eigenvalue weighted by Gasteiger charge is 2.11. The number of furan rings is 1. The van der Waals surface area contributed by atoms with Crippen LogP contribution in [0, 0.1) is 0 Å². The molecule has 1 N–H and O–H groups in total. The fraction of sp³-hybridized carbons (Fsp3) is 0.182. The fourth-order valence-corrected chi connectivity index (χ4v) is 3.99. The number of nitrogens with one attached hydrogen (secondary N) is 1. The van der Waals surface area contributed by atoms with Crippen molar-refractivity contribution in [1.29, 1.82) is 0 Å². The molecule has 0 unspecified atom stereocenters. The zero-order chi connectivity index (χ0) is 20.1. The fourth-order valence-electron chi connectivity index (χ4n) is 3.03. The third kappa shape index (κ3) is 4.63. The predicted octanol–water partition coefficient (Wildman–Crippen LogP) is 4.25. The van der Waals surface area contributed by atoms with E-state index in [1.54, 1.807) is 37.4 Å². The van der Waals surface area contributed by atoms with Crippen LogP contribution < -0.4 is 10.1 Å². The number of rotatable bonds is 8. The van der Waals surface area contributed by atoms with Crippen molar-refractivity contribution in [3.8, 4) is 5.75 Å². The molecule has 4 rings (SSSR count). The van der Waals surface area contributed by atoms with E-state index in [2.05, 4.69) is 22.4 Å². The Labute approximate surface area is 172 Å². The number of hydrogen-bond acceptors (Lipinski definition) is 5. The molecule has 7 heteroatoms. The van der Waals surface area contributed by atoms with Crippen molar-refractivity contribution >= 4 is 28.6 Å². The smallest absolute Gasteiger partial charge is 0.240 e. The van der Waals surface area contributed by atoms with Gasteiger partial charge in [-0.1, -0.05) is 12.1 Å². The normalized spacial score (nSPS) is 10.9. The van der Waals surface area contributed by atoms with Gasteiger partial charge in [-0.15, -0.1) is 11.8 Å². The summed E-state index contributed by atoms with van der Waals surface area (Å²) in [6.45, 7) is 0.631. The minimum atomic E-state index is -0.0665. The molecule has 4 aromatic rings. The van der Waals surface area contributed by atoms with Crippen molar-refractivity contribution in [3.05, 3.63) is 78.5 Å². The first-order chi connectivity index (χ1) is 14.2. The first-order valence-electron chi connectivity index (χ1n) is 9.21. The number of carbonyl (C=O) groups is 1. The Bertz CT molecular complexity index is 1090. The van der Waals surface area contributed by atoms with Crippen molar-refractivity contribution in [2.45, 2.75) is 23.9 Å². The van der Waals surface area contributed by atoms with Crippen LogP contribution in [0.2, 0.25) is 0 Å². The molecule has 6 nitrogen and oxygen atoms in total. The number of ether oxygens (including phenoxy) is 1. The monoisotopic (exact) mass is 407 g/mol. The topological polar surface area (TPSA) is 69.3 Å². The summed E-state index contributed by atoms with van der Waals surface area (Å²) in [7, 11) is 1.66. The van der Waals surface area contributed by atoms with Crippen LogP contribution in [0.3, 0.4) is 0 Å². The van der Waals surface area contributed by atoms with E-state index in [1.165, 1.54) is 5.56 Å². The van der Waals surface area contributed by atoms with Crippen LogP contribution in [0.5, 0.6) is 5.75 Å². The molecule has 3 heterocycles. The third-order valence-corrected chi connectivity index (χ3v) is 5.63. The lowest BCUT2D eigenvalue weighted by molar-refractivity contribution is -0.121. The Morgan fingerprint density at radius 1 is 1.21 bits per heavy atom. The number of hydrogen-bond donors (Lipinski definition) is 1. The Kier molecular flexibility index (Phi) is 5.86. The summed E-state index contributed by atoms with van der Waals surface area (Å²) in [5, 5.41) is 4.87. The van der Waals surface area contributed by atoms with Crippen LogP contribution in [0.1, 0.15) is 11.3 Å². The number of amides is 1. The molecule has 148 valence electrons. The van der Waals surface area contributed by atoms with Gasteiger partial charge >= 0.3 is 0 Å². The molecule has 29 heavy (non-hydrogen) atoms. The summed E-state index contributed by atoms with van der Waals surface area (Å²) in [5.74, 6) is 2.33. The second-order valence-corrected chi connectivity index (χ2v) is 7.45. The molecule has 1 amide bonds. The second-order valence-electron chi connectivity index (χ2n) is 6.49. The zero-order valence-electron chi connectivity index (χ0n) is 16.0. The molecular formula is C22H21N3O3S. The van der Waals surface area contributed by atoms with Crippen LogP contribution in [0.25, 0.3) is 10.9 Å². The van der Waals surface area contributed by atoms with Crippen molar-refractivity contribution in [3.63, 3.8) is 0 Å². The third-order valence-electron chi connectivity index (χ3n) is 4.55. The molecule has 1 aromatic carbocycles. The highest BCUT2D eigenvalue weighted by atomic mass is 32.2. The summed E-state index contributed by atoms with van der Waals surface area (Å²) in [4.78, 5) is 16.8. The van der Waals surface area contributed by atoms with Crippen molar-refractivity contribution in [2.24, 2.45) is 0 Å². The molecule has 0 atom stereocenters. The van der Waals surface area contributed by atoms with Gasteiger partial charge in [0.1, 0.15) is 23.1 Å². The summed E-state index contributed by atoms with van der Waals surface area (Å²) in [5.41, 5.74) is 2.19. The Balaban J connectivity index is 1.42. The first kappa shape index (κ1) is 19.1. The maximum atomic E-state index is 12.3. The van der Waals surface area contributed by atoms with Gasteiger partial charge in [-0.3, -0.25) is 4.79 Å². The Morgan fingerprint density at radius 3 is 2.83 bits per heavy atom. The largest absolute Gasteiger partial charge is 0.497 e. The number of methoxy groups -OCH3 is 1. The van der Waals surface area contributed by atoms with Crippen LogP contribution in [0.15, 0.2) is 76.6 Å². The molecule has 0 fully saturated rings. The highest BCUT2D eigenvalue weighted by molar-refractivity contribution is 7.98. The van der Waals surface area contributed by atoms with Gasteiger partial charge in [0.05, 0.1) is 25.4 Å². The van der Waals surface area contributed by atoms with Gasteiger partial charge in [-0.2, -0.15) is 0 Å². The molecule has 0 aliphatic carbocycles. The summed E-state index contributed by atoms with van der Waals surface area (Å²) in [6, 6.07) is 15.6. The minimum Gasteiger partial charge on any atom is -0.497 e. The summed E-state index contributed by atoms with van der Waals surface area (Å²) in [6.07, 6.45) is 5.31. The number of benzene rings is 1. The average molecular weight is 407 g/mol. The number of aromatic nitrogens is 2. The Hall–Kier alpha value is -3.19. The summed E-state index contributed by atoms with van der Waals surface area (Å²) < 4.78 is 12.4. The lowest BCUT2D eigenvalue weighted by atomic mass is 10.2. The van der Waals surface area contributed by atoms with E-state index >= 15 is 0 Å². The lowest BCUT2D eigenvalue weighted by Crippen LogP contribution is -2.26. The van der Waals surface area contributed by atoms with E-state index in [0.29, 0.717) is 6.54 Å². The zero-order valence-corrected chi connectivity index (χ0v) is 16.8. The molecule has 0 radical (unpaired) electrons. The van der Waals surface area contributed by atoms with E-state index in [0.717, 1.165) is 33.2 Å². The molecule has 0 spiro atoms. The SMILES string of the molecule is COc1ccc(CSc2nccc3c2ccn3CC(=O)NCc2ccco2)cc1. The standard InChI is InChI=1S/C22H21N3O3S/c1-27-17-6-4-16(5-7-17)15-29-22-19-9-11-25(20(19)8-10-23-22)14-21(26)24-13-18-3-2-12-28-18/h2-12H,13-15H2,1H3,(H,24,26). The Morgan fingerprint density at radius 2 is 2.07 bits per heavy atom. The van der Waals surface area contributed by atoms with Gasteiger partial charge in [-0.25, -0.2) is 4.98 Å². The molecule has 0 saturated heterocycles. The van der Waals surface area contributed by atoms with Crippen LogP contribution in [0.4, 0.5) is 0 Å². The first-order valence-corrected chi connectivity index (χ1v) is 10.2. The molecule has 3 aromatic heterocycles.